The summed E-state index contributed by atoms with van der Waals surface area (Å²) in [5.74, 6) is 0. The summed E-state index contributed by atoms with van der Waals surface area (Å²) in [6.07, 6.45) is 0. The van der Waals surface area contributed by atoms with E-state index in [0.717, 1.165) is 49.7 Å². The number of aliphatic hydroxyl groups excluding tert-OH is 1. The predicted octanol–water partition coefficient (Wildman–Crippen LogP) is 10.1. The van der Waals surface area contributed by atoms with Crippen molar-refractivity contribution in [2.24, 2.45) is 0 Å². The van der Waals surface area contributed by atoms with Crippen molar-refractivity contribution >= 4 is 34.6 Å². The Morgan fingerprint density at radius 2 is 1.28 bits per heavy atom. The molecular weight excluding hydrogens is 747 g/mol. The fourth-order valence-electron chi connectivity index (χ4n) is 7.17. The number of nitriles is 2. The van der Waals surface area contributed by atoms with Crippen molar-refractivity contribution in [2.45, 2.75) is 25.2 Å². The molecule has 1 fully saturated rings. The van der Waals surface area contributed by atoms with Crippen LogP contribution in [0.1, 0.15) is 45.5 Å². The Kier molecular flexibility index (Phi) is 15.1. The smallest absolute Gasteiger partial charge is 0.0992 e. The van der Waals surface area contributed by atoms with Crippen LogP contribution in [0.15, 0.2) is 158 Å². The molecule has 2 atom stereocenters. The number of nitrogens with zero attached hydrogens (tertiary/aromatic N) is 5. The molecule has 57 heavy (non-hydrogen) atoms. The van der Waals surface area contributed by atoms with Gasteiger partial charge in [0.2, 0.25) is 0 Å². The normalized spacial score (nSPS) is 14.5. The van der Waals surface area contributed by atoms with Crippen molar-refractivity contribution in [2.75, 3.05) is 49.5 Å². The second-order valence-electron chi connectivity index (χ2n) is 14.0. The van der Waals surface area contributed by atoms with Gasteiger partial charge in [-0.05, 0) is 58.7 Å². The number of hydrogen-bond donors (Lipinski definition) is 2. The first-order valence-electron chi connectivity index (χ1n) is 19.1. The van der Waals surface area contributed by atoms with E-state index in [4.69, 9.17) is 33.7 Å². The van der Waals surface area contributed by atoms with Crippen LogP contribution in [0.25, 0.3) is 0 Å². The number of hydrogen-bond acceptors (Lipinski definition) is 7. The van der Waals surface area contributed by atoms with Gasteiger partial charge < -0.3 is 15.3 Å². The Hall–Kier alpha value is -5.64. The second kappa shape index (κ2) is 21.0. The van der Waals surface area contributed by atoms with E-state index >= 15 is 0 Å². The highest BCUT2D eigenvalue weighted by atomic mass is 35.5. The third-order valence-electron chi connectivity index (χ3n) is 10.0. The summed E-state index contributed by atoms with van der Waals surface area (Å²) in [5, 5.41) is 32.5. The molecule has 7 rings (SSSR count). The van der Waals surface area contributed by atoms with Gasteiger partial charge in [0.1, 0.15) is 0 Å². The first kappa shape index (κ1) is 41.0. The Morgan fingerprint density at radius 1 is 0.702 bits per heavy atom. The lowest BCUT2D eigenvalue weighted by molar-refractivity contribution is 0.185. The Balaban J connectivity index is 0.000000193. The summed E-state index contributed by atoms with van der Waals surface area (Å²) >= 11 is 13.0. The lowest BCUT2D eigenvalue weighted by atomic mass is 10.0. The number of rotatable bonds is 13. The number of nitrogens with one attached hydrogen (secondary N) is 1. The first-order chi connectivity index (χ1) is 27.9. The standard InChI is InChI=1S/C24H24ClN3O.C24H22ClN3/c25-22-15-20(16-26)11-12-23(22)27-24(21-9-5-2-6-10-21)18-28(13-14-29)17-19-7-3-1-4-8-19;25-22-15-20(16-26)11-12-23(22)28-14-13-27(17-19-7-3-1-4-8-19)18-24(28)21-9-5-2-6-10-21/h1-12,15,24,27,29H,13-14,17-18H2;1-12,15,24H,13-14,17-18H2/t2*24-/m00/s1. The Bertz CT molecular complexity index is 2230. The summed E-state index contributed by atoms with van der Waals surface area (Å²) in [4.78, 5) is 7.10. The van der Waals surface area contributed by atoms with Gasteiger partial charge >= 0.3 is 0 Å². The molecule has 0 amide bonds. The summed E-state index contributed by atoms with van der Waals surface area (Å²) in [7, 11) is 0. The van der Waals surface area contributed by atoms with Gasteiger partial charge in [-0.2, -0.15) is 10.5 Å². The maximum absolute atomic E-state index is 9.58. The van der Waals surface area contributed by atoms with Crippen molar-refractivity contribution in [1.29, 1.82) is 10.5 Å². The average Bonchev–Trinajstić information content (AvgIpc) is 3.25. The zero-order valence-electron chi connectivity index (χ0n) is 31.8. The van der Waals surface area contributed by atoms with Crippen molar-refractivity contribution in [1.82, 2.24) is 9.80 Å². The molecule has 288 valence electrons. The third kappa shape index (κ3) is 11.7. The van der Waals surface area contributed by atoms with Gasteiger partial charge in [-0.15, -0.1) is 0 Å². The van der Waals surface area contributed by atoms with E-state index in [0.29, 0.717) is 34.3 Å². The van der Waals surface area contributed by atoms with Crippen molar-refractivity contribution in [3.05, 3.63) is 201 Å². The average molecular weight is 794 g/mol. The van der Waals surface area contributed by atoms with Crippen LogP contribution in [0, 0.1) is 22.7 Å². The third-order valence-corrected chi connectivity index (χ3v) is 10.6. The molecule has 0 spiro atoms. The first-order valence-corrected chi connectivity index (χ1v) is 19.9. The molecular formula is C48H46Cl2N6O. The molecule has 2 N–H and O–H groups in total. The highest BCUT2D eigenvalue weighted by Gasteiger charge is 2.29. The number of anilines is 2. The highest BCUT2D eigenvalue weighted by Crippen LogP contribution is 2.36. The van der Waals surface area contributed by atoms with Crippen LogP contribution in [0.3, 0.4) is 0 Å². The summed E-state index contributed by atoms with van der Waals surface area (Å²) in [6, 6.07) is 56.9. The SMILES string of the molecule is N#Cc1ccc(N2CCN(Cc3ccccc3)C[C@H]2c2ccccc2)c(Cl)c1.N#Cc1ccc(N[C@@H](CN(CCO)Cc2ccccc2)c2ccccc2)c(Cl)c1. The minimum atomic E-state index is -0.0307. The molecule has 0 saturated carbocycles. The fraction of sp³-hybridized carbons (Fsp3) is 0.208. The number of piperazine rings is 1. The van der Waals surface area contributed by atoms with Crippen molar-refractivity contribution in [3.8, 4) is 12.1 Å². The number of benzene rings is 6. The van der Waals surface area contributed by atoms with Crippen LogP contribution in [-0.2, 0) is 13.1 Å². The lowest BCUT2D eigenvalue weighted by Crippen LogP contribution is -2.48. The van der Waals surface area contributed by atoms with E-state index in [1.807, 2.05) is 60.7 Å². The van der Waals surface area contributed by atoms with Gasteiger partial charge in [0, 0.05) is 45.8 Å². The molecule has 0 bridgehead atoms. The quantitative estimate of drug-likeness (QED) is 0.120. The van der Waals surface area contributed by atoms with E-state index in [1.165, 1.54) is 16.7 Å². The highest BCUT2D eigenvalue weighted by molar-refractivity contribution is 6.33. The van der Waals surface area contributed by atoms with Gasteiger partial charge in [-0.1, -0.05) is 145 Å². The zero-order valence-corrected chi connectivity index (χ0v) is 33.3. The fourth-order valence-corrected chi connectivity index (χ4v) is 7.69. The van der Waals surface area contributed by atoms with Gasteiger partial charge in [0.25, 0.3) is 0 Å². The molecule has 0 aliphatic carbocycles. The van der Waals surface area contributed by atoms with Crippen molar-refractivity contribution < 1.29 is 5.11 Å². The summed E-state index contributed by atoms with van der Waals surface area (Å²) in [6.45, 7) is 5.82. The van der Waals surface area contributed by atoms with Crippen LogP contribution in [0.4, 0.5) is 11.4 Å². The van der Waals surface area contributed by atoms with E-state index in [2.05, 4.69) is 111 Å². The maximum Gasteiger partial charge on any atom is 0.0992 e. The van der Waals surface area contributed by atoms with E-state index in [1.54, 1.807) is 18.2 Å². The van der Waals surface area contributed by atoms with Gasteiger partial charge in [0.05, 0.1) is 63.4 Å². The molecule has 1 aliphatic rings. The molecule has 1 heterocycles. The molecule has 1 saturated heterocycles. The molecule has 0 unspecified atom stereocenters. The minimum Gasteiger partial charge on any atom is -0.395 e. The Labute approximate surface area is 346 Å². The van der Waals surface area contributed by atoms with Gasteiger partial charge in [0.15, 0.2) is 0 Å². The van der Waals surface area contributed by atoms with E-state index in [-0.39, 0.29) is 18.7 Å². The number of halogens is 2. The molecule has 6 aromatic rings. The second-order valence-corrected chi connectivity index (χ2v) is 14.8. The molecule has 0 aromatic heterocycles. The van der Waals surface area contributed by atoms with E-state index < -0.39 is 0 Å². The predicted molar refractivity (Wildman–Crippen MR) is 232 cm³/mol. The molecule has 0 radical (unpaired) electrons. The molecule has 6 aromatic carbocycles. The van der Waals surface area contributed by atoms with Crippen LogP contribution in [0.2, 0.25) is 10.0 Å². The Morgan fingerprint density at radius 3 is 1.88 bits per heavy atom. The van der Waals surface area contributed by atoms with Crippen LogP contribution in [0.5, 0.6) is 0 Å². The summed E-state index contributed by atoms with van der Waals surface area (Å²) < 4.78 is 0. The molecule has 7 nitrogen and oxygen atoms in total. The summed E-state index contributed by atoms with van der Waals surface area (Å²) in [5.41, 5.74) is 7.83. The molecule has 9 heteroatoms. The van der Waals surface area contributed by atoms with E-state index in [9.17, 15) is 5.11 Å². The number of aliphatic hydroxyl groups is 1. The van der Waals surface area contributed by atoms with Crippen molar-refractivity contribution in [3.63, 3.8) is 0 Å². The molecule has 1 aliphatic heterocycles. The minimum absolute atomic E-state index is 0.0307. The van der Waals surface area contributed by atoms with Crippen LogP contribution < -0.4 is 10.2 Å². The maximum atomic E-state index is 9.58. The van der Waals surface area contributed by atoms with Gasteiger partial charge in [-0.25, -0.2) is 0 Å². The van der Waals surface area contributed by atoms with Crippen LogP contribution in [-0.4, -0.2) is 54.2 Å². The van der Waals surface area contributed by atoms with Gasteiger partial charge in [-0.3, -0.25) is 9.80 Å². The monoisotopic (exact) mass is 792 g/mol. The topological polar surface area (TPSA) is 89.6 Å². The van der Waals surface area contributed by atoms with Crippen LogP contribution >= 0.6 is 23.2 Å². The zero-order chi connectivity index (χ0) is 39.8. The largest absolute Gasteiger partial charge is 0.395 e. The lowest BCUT2D eigenvalue weighted by Gasteiger charge is -2.43.